The Hall–Kier alpha value is -3.00. The Morgan fingerprint density at radius 3 is 2.84 bits per heavy atom. The van der Waals surface area contributed by atoms with Gasteiger partial charge in [0, 0.05) is 28.3 Å². The highest BCUT2D eigenvalue weighted by Crippen LogP contribution is 2.27. The number of anilines is 1. The molecule has 0 aliphatic carbocycles. The van der Waals surface area contributed by atoms with Gasteiger partial charge in [-0.3, -0.25) is 9.78 Å². The number of fused-ring (bicyclic) bond motifs is 2. The predicted molar refractivity (Wildman–Crippen MR) is 97.7 cm³/mol. The minimum absolute atomic E-state index is 0.247. The summed E-state index contributed by atoms with van der Waals surface area (Å²) in [6.45, 7) is 0. The van der Waals surface area contributed by atoms with Gasteiger partial charge in [0.1, 0.15) is 5.75 Å². The molecule has 2 N–H and O–H groups in total. The summed E-state index contributed by atoms with van der Waals surface area (Å²) >= 11 is 3.31. The van der Waals surface area contributed by atoms with Crippen LogP contribution >= 0.6 is 15.9 Å². The van der Waals surface area contributed by atoms with Crippen LogP contribution in [0.25, 0.3) is 21.9 Å². The first kappa shape index (κ1) is 15.5. The van der Waals surface area contributed by atoms with E-state index in [2.05, 4.69) is 31.0 Å². The summed E-state index contributed by atoms with van der Waals surface area (Å²) < 4.78 is 7.13. The zero-order valence-corrected chi connectivity index (χ0v) is 14.7. The average Bonchev–Trinajstić information content (AvgIpc) is 2.94. The molecule has 0 aliphatic heterocycles. The van der Waals surface area contributed by atoms with Crippen LogP contribution in [0.4, 0.5) is 5.82 Å². The van der Waals surface area contributed by atoms with Crippen molar-refractivity contribution in [3.8, 4) is 5.75 Å². The molecule has 0 saturated heterocycles. The van der Waals surface area contributed by atoms with Crippen molar-refractivity contribution in [2.75, 3.05) is 12.8 Å². The van der Waals surface area contributed by atoms with Crippen molar-refractivity contribution in [1.29, 1.82) is 0 Å². The molecule has 7 nitrogen and oxygen atoms in total. The normalized spacial score (nSPS) is 11.1. The van der Waals surface area contributed by atoms with E-state index in [1.165, 1.54) is 10.9 Å². The highest BCUT2D eigenvalue weighted by Gasteiger charge is 2.18. The van der Waals surface area contributed by atoms with Crippen LogP contribution in [-0.4, -0.2) is 32.8 Å². The number of hydrogen-bond acceptors (Lipinski definition) is 6. The van der Waals surface area contributed by atoms with Gasteiger partial charge in [0.2, 0.25) is 0 Å². The van der Waals surface area contributed by atoms with Crippen LogP contribution in [0, 0.1) is 0 Å². The van der Waals surface area contributed by atoms with Crippen LogP contribution in [0.15, 0.2) is 47.2 Å². The zero-order chi connectivity index (χ0) is 17.6. The van der Waals surface area contributed by atoms with Crippen molar-refractivity contribution < 1.29 is 9.53 Å². The van der Waals surface area contributed by atoms with Gasteiger partial charge in [-0.1, -0.05) is 0 Å². The largest absolute Gasteiger partial charge is 0.497 e. The summed E-state index contributed by atoms with van der Waals surface area (Å²) in [5, 5.41) is 5.67. The molecule has 3 aromatic heterocycles. The van der Waals surface area contributed by atoms with Gasteiger partial charge in [0.25, 0.3) is 5.91 Å². The van der Waals surface area contributed by atoms with Crippen molar-refractivity contribution in [3.63, 3.8) is 0 Å². The van der Waals surface area contributed by atoms with Crippen molar-refractivity contribution in [3.05, 3.63) is 52.8 Å². The lowest BCUT2D eigenvalue weighted by Gasteiger charge is -2.04. The molecule has 4 aromatic rings. The number of hydrogen-bond donors (Lipinski definition) is 1. The van der Waals surface area contributed by atoms with E-state index in [9.17, 15) is 4.79 Å². The highest BCUT2D eigenvalue weighted by molar-refractivity contribution is 9.10. The second kappa shape index (κ2) is 5.82. The fourth-order valence-electron chi connectivity index (χ4n) is 2.62. The first-order valence-corrected chi connectivity index (χ1v) is 8.14. The molecule has 0 bridgehead atoms. The van der Waals surface area contributed by atoms with Gasteiger partial charge in [-0.2, -0.15) is 4.68 Å². The number of nitrogens with zero attached hydrogens (tertiary/aromatic N) is 4. The van der Waals surface area contributed by atoms with Crippen molar-refractivity contribution in [2.24, 2.45) is 0 Å². The minimum atomic E-state index is -0.356. The summed E-state index contributed by atoms with van der Waals surface area (Å²) in [5.74, 6) is 0.572. The van der Waals surface area contributed by atoms with E-state index >= 15 is 0 Å². The molecule has 4 rings (SSSR count). The molecule has 8 heteroatoms. The molecule has 0 atom stereocenters. The number of ether oxygens (including phenoxy) is 1. The molecule has 1 aromatic carbocycles. The highest BCUT2D eigenvalue weighted by atomic mass is 79.9. The van der Waals surface area contributed by atoms with E-state index in [0.717, 1.165) is 5.39 Å². The lowest BCUT2D eigenvalue weighted by atomic mass is 10.2. The maximum absolute atomic E-state index is 12.8. The van der Waals surface area contributed by atoms with E-state index < -0.39 is 0 Å². The lowest BCUT2D eigenvalue weighted by Crippen LogP contribution is -2.14. The predicted octanol–water partition coefficient (Wildman–Crippen LogP) is 3.02. The summed E-state index contributed by atoms with van der Waals surface area (Å²) in [6, 6.07) is 9.06. The van der Waals surface area contributed by atoms with Gasteiger partial charge in [-0.25, -0.2) is 4.98 Å². The van der Waals surface area contributed by atoms with E-state index in [1.54, 1.807) is 25.4 Å². The molecule has 0 spiro atoms. The second-order valence-corrected chi connectivity index (χ2v) is 6.33. The monoisotopic (exact) mass is 397 g/mol. The number of halogens is 1. The molecule has 3 heterocycles. The Morgan fingerprint density at radius 1 is 1.24 bits per heavy atom. The Balaban J connectivity index is 1.94. The summed E-state index contributed by atoms with van der Waals surface area (Å²) in [6.07, 6.45) is 3.07. The fourth-order valence-corrected chi connectivity index (χ4v) is 2.98. The van der Waals surface area contributed by atoms with Crippen LogP contribution in [0.3, 0.4) is 0 Å². The molecule has 124 valence electrons. The van der Waals surface area contributed by atoms with Gasteiger partial charge >= 0.3 is 0 Å². The van der Waals surface area contributed by atoms with E-state index in [4.69, 9.17) is 10.5 Å². The summed E-state index contributed by atoms with van der Waals surface area (Å²) in [7, 11) is 1.59. The smallest absolute Gasteiger partial charge is 0.281 e. The first-order valence-electron chi connectivity index (χ1n) is 7.35. The minimum Gasteiger partial charge on any atom is -0.497 e. The molecule has 0 unspecified atom stereocenters. The van der Waals surface area contributed by atoms with Gasteiger partial charge in [-0.05, 0) is 40.2 Å². The number of benzene rings is 1. The van der Waals surface area contributed by atoms with E-state index in [0.29, 0.717) is 32.3 Å². The molecule has 0 fully saturated rings. The Morgan fingerprint density at radius 2 is 2.08 bits per heavy atom. The molecule has 25 heavy (non-hydrogen) atoms. The number of rotatable bonds is 2. The lowest BCUT2D eigenvalue weighted by molar-refractivity contribution is 0.0950. The van der Waals surface area contributed by atoms with Crippen LogP contribution < -0.4 is 10.5 Å². The van der Waals surface area contributed by atoms with E-state index in [1.807, 2.05) is 18.2 Å². The van der Waals surface area contributed by atoms with Gasteiger partial charge in [-0.15, -0.1) is 5.10 Å². The van der Waals surface area contributed by atoms with Gasteiger partial charge in [0.05, 0.1) is 23.6 Å². The molecular weight excluding hydrogens is 386 g/mol. The summed E-state index contributed by atoms with van der Waals surface area (Å²) in [4.78, 5) is 21.4. The Labute approximate surface area is 150 Å². The number of pyridine rings is 2. The standard InChI is InChI=1S/C17H12BrN5O2/c1-25-12-3-2-9-5-13-15(19)22-23(16(13)21-14(9)6-12)17(24)10-4-11(18)8-20-7-10/h2-8H,1H3,(H2,19,22). The van der Waals surface area contributed by atoms with E-state index in [-0.39, 0.29) is 11.7 Å². The maximum atomic E-state index is 12.8. The van der Waals surface area contributed by atoms with Crippen molar-refractivity contribution >= 4 is 49.6 Å². The average molecular weight is 398 g/mol. The Bertz CT molecular complexity index is 1140. The third-order valence-electron chi connectivity index (χ3n) is 3.83. The third-order valence-corrected chi connectivity index (χ3v) is 4.27. The number of carbonyl (C=O) groups excluding carboxylic acids is 1. The molecule has 0 radical (unpaired) electrons. The fraction of sp³-hybridized carbons (Fsp3) is 0.0588. The van der Waals surface area contributed by atoms with Crippen LogP contribution in [0.2, 0.25) is 0 Å². The van der Waals surface area contributed by atoms with Gasteiger partial charge in [0.15, 0.2) is 11.5 Å². The molecular formula is C17H12BrN5O2. The third kappa shape index (κ3) is 2.60. The molecule has 0 aliphatic rings. The number of aromatic nitrogens is 4. The van der Waals surface area contributed by atoms with Crippen LogP contribution in [0.5, 0.6) is 5.75 Å². The summed E-state index contributed by atoms with van der Waals surface area (Å²) in [5.41, 5.74) is 7.46. The topological polar surface area (TPSA) is 95.9 Å². The number of carbonyl (C=O) groups is 1. The molecule has 0 saturated carbocycles. The SMILES string of the molecule is COc1ccc2cc3c(N)nn(C(=O)c4cncc(Br)c4)c3nc2c1. The van der Waals surface area contributed by atoms with Crippen molar-refractivity contribution in [1.82, 2.24) is 19.7 Å². The first-order chi connectivity index (χ1) is 12.1. The number of nitrogens with two attached hydrogens (primary N) is 1. The number of methoxy groups -OCH3 is 1. The van der Waals surface area contributed by atoms with Crippen LogP contribution in [-0.2, 0) is 0 Å². The van der Waals surface area contributed by atoms with Crippen LogP contribution in [0.1, 0.15) is 10.4 Å². The quantitative estimate of drug-likeness (QED) is 0.558. The zero-order valence-electron chi connectivity index (χ0n) is 13.1. The van der Waals surface area contributed by atoms with Crippen molar-refractivity contribution in [2.45, 2.75) is 0 Å². The van der Waals surface area contributed by atoms with Gasteiger partial charge < -0.3 is 10.5 Å². The Kier molecular flexibility index (Phi) is 3.61. The molecule has 0 amide bonds. The second-order valence-electron chi connectivity index (χ2n) is 5.41. The maximum Gasteiger partial charge on any atom is 0.281 e. The number of nitrogen functional groups attached to an aromatic ring is 1.